The summed E-state index contributed by atoms with van der Waals surface area (Å²) in [4.78, 5) is 46.6. The van der Waals surface area contributed by atoms with Crippen LogP contribution in [0.4, 0.5) is 0 Å². The zero-order chi connectivity index (χ0) is 35.6. The van der Waals surface area contributed by atoms with Crippen LogP contribution < -0.4 is 10.6 Å². The number of aliphatic hydroxyl groups excluding tert-OH is 1. The molecule has 0 spiro atoms. The fourth-order valence-corrected chi connectivity index (χ4v) is 5.98. The second kappa shape index (κ2) is 21.3. The van der Waals surface area contributed by atoms with Gasteiger partial charge in [-0.1, -0.05) is 52.0 Å². The third-order valence-electron chi connectivity index (χ3n) is 7.78. The Morgan fingerprint density at radius 2 is 1.51 bits per heavy atom. The molecule has 0 saturated carbocycles. The number of hydrogen-bond acceptors (Lipinski definition) is 11. The topological polar surface area (TPSA) is 158 Å². The monoisotopic (exact) mass is 706 g/mol. The fraction of sp³-hybridized carbons (Fsp3) is 0.657. The van der Waals surface area contributed by atoms with Crippen molar-refractivity contribution in [3.8, 4) is 10.4 Å². The van der Waals surface area contributed by atoms with Crippen molar-refractivity contribution in [2.24, 2.45) is 5.41 Å². The maximum atomic E-state index is 13.8. The molecule has 0 radical (unpaired) electrons. The van der Waals surface area contributed by atoms with Crippen LogP contribution in [-0.4, -0.2) is 124 Å². The zero-order valence-corrected chi connectivity index (χ0v) is 30.4. The molecule has 3 rings (SSSR count). The first-order chi connectivity index (χ1) is 23.5. The van der Waals surface area contributed by atoms with Gasteiger partial charge in [-0.05, 0) is 29.9 Å². The number of aromatic nitrogens is 1. The fourth-order valence-electron chi connectivity index (χ4n) is 5.17. The van der Waals surface area contributed by atoms with Crippen molar-refractivity contribution in [2.45, 2.75) is 72.2 Å². The first kappa shape index (κ1) is 40.4. The third kappa shape index (κ3) is 14.0. The summed E-state index contributed by atoms with van der Waals surface area (Å²) in [6.45, 7) is 13.6. The zero-order valence-electron chi connectivity index (χ0n) is 29.5. The number of hydrogen-bond donors (Lipinski definition) is 3. The summed E-state index contributed by atoms with van der Waals surface area (Å²) in [5, 5.41) is 16.1. The Labute approximate surface area is 294 Å². The average molecular weight is 707 g/mol. The lowest BCUT2D eigenvalue weighted by molar-refractivity contribution is -0.144. The number of β-amino-alcohol motifs (C(OH)–C–C–N with tert-alkyl or cyclic N) is 1. The number of nitrogens with zero attached hydrogens (tertiary/aromatic N) is 2. The number of thiazole rings is 1. The van der Waals surface area contributed by atoms with Crippen molar-refractivity contribution >= 4 is 29.1 Å². The molecule has 1 fully saturated rings. The minimum absolute atomic E-state index is 0.000846. The smallest absolute Gasteiger partial charge is 0.246 e. The molecule has 0 aliphatic carbocycles. The van der Waals surface area contributed by atoms with Crippen LogP contribution in [0.25, 0.3) is 10.4 Å². The van der Waals surface area contributed by atoms with E-state index in [1.54, 1.807) is 11.3 Å². The van der Waals surface area contributed by atoms with Crippen molar-refractivity contribution in [3.05, 3.63) is 41.0 Å². The van der Waals surface area contributed by atoms with Gasteiger partial charge >= 0.3 is 0 Å². The van der Waals surface area contributed by atoms with Crippen LogP contribution in [0.15, 0.2) is 29.8 Å². The third-order valence-corrected chi connectivity index (χ3v) is 8.76. The molecular formula is C35H54N4O9S. The lowest BCUT2D eigenvalue weighted by atomic mass is 9.85. The van der Waals surface area contributed by atoms with Gasteiger partial charge in [0.2, 0.25) is 17.7 Å². The first-order valence-electron chi connectivity index (χ1n) is 16.9. The van der Waals surface area contributed by atoms with E-state index < -0.39 is 35.4 Å². The molecule has 49 heavy (non-hydrogen) atoms. The van der Waals surface area contributed by atoms with Gasteiger partial charge in [-0.3, -0.25) is 14.4 Å². The second-order valence-electron chi connectivity index (χ2n) is 12.9. The van der Waals surface area contributed by atoms with E-state index in [9.17, 15) is 19.5 Å². The minimum Gasteiger partial charge on any atom is -0.391 e. The Morgan fingerprint density at radius 3 is 2.04 bits per heavy atom. The number of aryl methyl sites for hydroxylation is 1. The Hall–Kier alpha value is -2.98. The molecule has 14 heteroatoms. The van der Waals surface area contributed by atoms with E-state index in [1.807, 2.05) is 57.5 Å². The number of ether oxygens (including phenoxy) is 5. The van der Waals surface area contributed by atoms with Gasteiger partial charge in [-0.15, -0.1) is 11.3 Å². The lowest BCUT2D eigenvalue weighted by Crippen LogP contribution is -2.58. The van der Waals surface area contributed by atoms with Gasteiger partial charge in [0.15, 0.2) is 0 Å². The molecule has 2 heterocycles. The Balaban J connectivity index is 1.38. The molecule has 0 unspecified atom stereocenters. The van der Waals surface area contributed by atoms with Crippen LogP contribution in [0.1, 0.15) is 51.8 Å². The Bertz CT molecular complexity index is 1280. The standard InChI is InChI=1S/C35H54N4O9S/c1-6-11-44-12-13-45-14-15-46-16-17-47-18-19-48-23-30(41)38-32(35(3,4)5)34(43)39-22-28(40)20-29(39)33(42)36-21-26-7-9-27(10-8-26)31-25(2)37-24-49-31/h7-10,24,28-29,32,40H,6,11-23H2,1-5H3,(H,36,42)(H,38,41)/t28-,29+,32-/m1/s1. The summed E-state index contributed by atoms with van der Waals surface area (Å²) >= 11 is 1.58. The SMILES string of the molecule is CCCOCCOCCOCCOCCOCC(=O)N[C@H](C(=O)N1C[C@H](O)C[C@H]1C(=O)NCc1ccc(-c2scnc2C)cc1)C(C)(C)C. The quantitative estimate of drug-likeness (QED) is 0.156. The van der Waals surface area contributed by atoms with Crippen molar-refractivity contribution < 1.29 is 43.2 Å². The molecule has 3 amide bonds. The molecule has 1 aromatic heterocycles. The van der Waals surface area contributed by atoms with E-state index in [0.717, 1.165) is 34.7 Å². The summed E-state index contributed by atoms with van der Waals surface area (Å²) in [6.07, 6.45) is 0.250. The molecule has 13 nitrogen and oxygen atoms in total. The van der Waals surface area contributed by atoms with E-state index in [2.05, 4.69) is 22.5 Å². The summed E-state index contributed by atoms with van der Waals surface area (Å²) in [6, 6.07) is 6.07. The normalized spacial score (nSPS) is 16.9. The predicted molar refractivity (Wildman–Crippen MR) is 186 cm³/mol. The molecule has 274 valence electrons. The highest BCUT2D eigenvalue weighted by Crippen LogP contribution is 2.28. The molecule has 1 aromatic carbocycles. The van der Waals surface area contributed by atoms with Crippen LogP contribution in [0.3, 0.4) is 0 Å². The lowest BCUT2D eigenvalue weighted by Gasteiger charge is -2.35. The molecule has 3 N–H and O–H groups in total. The number of aliphatic hydroxyl groups is 1. The van der Waals surface area contributed by atoms with Gasteiger partial charge in [-0.2, -0.15) is 0 Å². The van der Waals surface area contributed by atoms with Crippen molar-refractivity contribution in [3.63, 3.8) is 0 Å². The highest BCUT2D eigenvalue weighted by molar-refractivity contribution is 7.13. The van der Waals surface area contributed by atoms with Gasteiger partial charge in [0.1, 0.15) is 18.7 Å². The van der Waals surface area contributed by atoms with E-state index in [-0.39, 0.29) is 45.2 Å². The molecule has 1 aliphatic heterocycles. The van der Waals surface area contributed by atoms with Gasteiger partial charge in [0.25, 0.3) is 0 Å². The van der Waals surface area contributed by atoms with E-state index in [1.165, 1.54) is 4.90 Å². The predicted octanol–water partition coefficient (Wildman–Crippen LogP) is 2.72. The molecule has 0 bridgehead atoms. The molecular weight excluding hydrogens is 652 g/mol. The van der Waals surface area contributed by atoms with E-state index >= 15 is 0 Å². The van der Waals surface area contributed by atoms with Crippen molar-refractivity contribution in [2.75, 3.05) is 72.6 Å². The maximum Gasteiger partial charge on any atom is 0.246 e. The number of amides is 3. The van der Waals surface area contributed by atoms with E-state index in [0.29, 0.717) is 39.6 Å². The average Bonchev–Trinajstić information content (AvgIpc) is 3.68. The largest absolute Gasteiger partial charge is 0.391 e. The van der Waals surface area contributed by atoms with Crippen LogP contribution >= 0.6 is 11.3 Å². The molecule has 1 aliphatic rings. The first-order valence-corrected chi connectivity index (χ1v) is 17.8. The highest BCUT2D eigenvalue weighted by Gasteiger charge is 2.44. The number of carbonyl (C=O) groups is 3. The van der Waals surface area contributed by atoms with Gasteiger partial charge < -0.3 is 44.3 Å². The molecule has 1 saturated heterocycles. The van der Waals surface area contributed by atoms with Crippen LogP contribution in [-0.2, 0) is 44.6 Å². The van der Waals surface area contributed by atoms with E-state index in [4.69, 9.17) is 23.7 Å². The summed E-state index contributed by atoms with van der Waals surface area (Å²) < 4.78 is 27.1. The molecule has 2 aromatic rings. The number of likely N-dealkylation sites (tertiary alicyclic amines) is 1. The second-order valence-corrected chi connectivity index (χ2v) is 13.8. The van der Waals surface area contributed by atoms with Crippen molar-refractivity contribution in [1.82, 2.24) is 20.5 Å². The maximum absolute atomic E-state index is 13.8. The van der Waals surface area contributed by atoms with Crippen molar-refractivity contribution in [1.29, 1.82) is 0 Å². The van der Waals surface area contributed by atoms with Gasteiger partial charge in [-0.25, -0.2) is 4.98 Å². The number of rotatable bonds is 22. The number of benzene rings is 1. The Kier molecular flexibility index (Phi) is 17.6. The summed E-state index contributed by atoms with van der Waals surface area (Å²) in [5.74, 6) is -1.25. The summed E-state index contributed by atoms with van der Waals surface area (Å²) in [5.41, 5.74) is 4.07. The van der Waals surface area contributed by atoms with Gasteiger partial charge in [0.05, 0.1) is 75.0 Å². The summed E-state index contributed by atoms with van der Waals surface area (Å²) in [7, 11) is 0. The van der Waals surface area contributed by atoms with Crippen LogP contribution in [0.5, 0.6) is 0 Å². The van der Waals surface area contributed by atoms with Crippen LogP contribution in [0.2, 0.25) is 0 Å². The number of nitrogens with one attached hydrogen (secondary N) is 2. The van der Waals surface area contributed by atoms with Crippen LogP contribution in [0, 0.1) is 12.3 Å². The number of carbonyl (C=O) groups excluding carboxylic acids is 3. The van der Waals surface area contributed by atoms with Gasteiger partial charge in [0, 0.05) is 26.1 Å². The minimum atomic E-state index is -0.937. The molecule has 3 atom stereocenters. The Morgan fingerprint density at radius 1 is 0.939 bits per heavy atom. The highest BCUT2D eigenvalue weighted by atomic mass is 32.1.